The summed E-state index contributed by atoms with van der Waals surface area (Å²) in [6, 6.07) is 48.7. The Morgan fingerprint density at radius 2 is 1.28 bits per heavy atom. The van der Waals surface area contributed by atoms with E-state index in [1.54, 1.807) is 30.3 Å². The van der Waals surface area contributed by atoms with Crippen LogP contribution in [0.15, 0.2) is 168 Å². The second kappa shape index (κ2) is 17.8. The number of benzene rings is 8. The fourth-order valence-electron chi connectivity index (χ4n) is 10.9. The van der Waals surface area contributed by atoms with Crippen LogP contribution in [0.3, 0.4) is 0 Å². The van der Waals surface area contributed by atoms with E-state index in [1.165, 1.54) is 12.1 Å². The van der Waals surface area contributed by atoms with E-state index in [0.29, 0.717) is 44.5 Å². The molecule has 1 aliphatic carbocycles. The SMILES string of the molecule is [2H]C([2H])([2H])c1cnc(-c2cc(Oc3cc(-c4cc(-c5ccc(-c6ccc(C7([2H])CCC(C)(C)CC7)cc6C)cc5C)c(C)cn4)c4oc5c(ccc6ccc7ccccc7c65)c4c3)c(C([2H])([2H])[2H])c(-c3ccccc3)c2)cc1C([2H])([2H])[2H]. The van der Waals surface area contributed by atoms with Crippen LogP contribution in [0.1, 0.15) is 98.1 Å². The highest BCUT2D eigenvalue weighted by Gasteiger charge is 2.28. The number of fused-ring (bicyclic) bond motifs is 7. The Labute approximate surface area is 437 Å². The van der Waals surface area contributed by atoms with Crippen LogP contribution in [-0.2, 0) is 0 Å². The van der Waals surface area contributed by atoms with E-state index in [0.717, 1.165) is 103 Å². The first kappa shape index (κ1) is 35.3. The third kappa shape index (κ3) is 8.13. The lowest BCUT2D eigenvalue weighted by Crippen LogP contribution is -2.20. The lowest BCUT2D eigenvalue weighted by molar-refractivity contribution is 0.224. The van der Waals surface area contributed by atoms with Crippen LogP contribution in [-0.4, -0.2) is 9.97 Å². The van der Waals surface area contributed by atoms with E-state index < -0.39 is 32.0 Å². The molecule has 8 aromatic carbocycles. The van der Waals surface area contributed by atoms with E-state index in [4.69, 9.17) is 26.5 Å². The third-order valence-corrected chi connectivity index (χ3v) is 15.1. The van der Waals surface area contributed by atoms with Crippen LogP contribution in [0.4, 0.5) is 0 Å². The average Bonchev–Trinajstić information content (AvgIpc) is 3.16. The molecule has 0 radical (unpaired) electrons. The molecular weight excluding hydrogens is 877 g/mol. The summed E-state index contributed by atoms with van der Waals surface area (Å²) in [5.41, 5.74) is 11.5. The number of aromatic nitrogens is 2. The fourth-order valence-corrected chi connectivity index (χ4v) is 10.9. The van der Waals surface area contributed by atoms with Crippen LogP contribution in [0.5, 0.6) is 11.5 Å². The van der Waals surface area contributed by atoms with Crippen LogP contribution < -0.4 is 4.74 Å². The molecule has 72 heavy (non-hydrogen) atoms. The quantitative estimate of drug-likeness (QED) is 0.142. The zero-order valence-corrected chi connectivity index (χ0v) is 41.1. The highest BCUT2D eigenvalue weighted by Crippen LogP contribution is 2.47. The molecule has 3 aromatic heterocycles. The van der Waals surface area contributed by atoms with Gasteiger partial charge in [-0.3, -0.25) is 9.97 Å². The molecule has 354 valence electrons. The van der Waals surface area contributed by atoms with Crippen molar-refractivity contribution in [1.82, 2.24) is 9.97 Å². The van der Waals surface area contributed by atoms with Gasteiger partial charge in [-0.15, -0.1) is 0 Å². The number of hydrogen-bond acceptors (Lipinski definition) is 4. The van der Waals surface area contributed by atoms with Crippen molar-refractivity contribution < 1.29 is 22.9 Å². The lowest BCUT2D eigenvalue weighted by Gasteiger charge is -2.34. The highest BCUT2D eigenvalue weighted by molar-refractivity contribution is 6.24. The van der Waals surface area contributed by atoms with Crippen molar-refractivity contribution in [1.29, 1.82) is 0 Å². The van der Waals surface area contributed by atoms with Gasteiger partial charge in [0.15, 0.2) is 0 Å². The predicted octanol–water partition coefficient (Wildman–Crippen LogP) is 19.3. The predicted molar refractivity (Wildman–Crippen MR) is 301 cm³/mol. The van der Waals surface area contributed by atoms with E-state index in [-0.39, 0.29) is 33.7 Å². The summed E-state index contributed by atoms with van der Waals surface area (Å²) in [6.45, 7) is 2.59. The Kier molecular flexibility index (Phi) is 8.72. The van der Waals surface area contributed by atoms with Crippen LogP contribution in [0, 0.1) is 46.7 Å². The van der Waals surface area contributed by atoms with Gasteiger partial charge in [-0.25, -0.2) is 0 Å². The van der Waals surface area contributed by atoms with Crippen molar-refractivity contribution >= 4 is 43.5 Å². The monoisotopic (exact) mass is 947 g/mol. The van der Waals surface area contributed by atoms with Gasteiger partial charge in [0.2, 0.25) is 0 Å². The zero-order chi connectivity index (χ0) is 57.8. The largest absolute Gasteiger partial charge is 0.457 e. The smallest absolute Gasteiger partial charge is 0.145 e. The number of hydrogen-bond donors (Lipinski definition) is 0. The summed E-state index contributed by atoms with van der Waals surface area (Å²) < 4.78 is 100. The molecule has 1 saturated carbocycles. The molecule has 1 aliphatic rings. The molecule has 0 aliphatic heterocycles. The molecule has 12 rings (SSSR count). The summed E-state index contributed by atoms with van der Waals surface area (Å²) in [5.74, 6) is -0.355. The number of nitrogens with zero attached hydrogens (tertiary/aromatic N) is 2. The van der Waals surface area contributed by atoms with Gasteiger partial charge in [0.25, 0.3) is 0 Å². The van der Waals surface area contributed by atoms with Crippen LogP contribution in [0.2, 0.25) is 0 Å². The summed E-state index contributed by atoms with van der Waals surface area (Å²) in [6.07, 6.45) is 6.70. The van der Waals surface area contributed by atoms with Crippen LogP contribution in [0.25, 0.3) is 99.4 Å². The molecule has 0 N–H and O–H groups in total. The summed E-state index contributed by atoms with van der Waals surface area (Å²) in [7, 11) is 0. The minimum absolute atomic E-state index is 0.0431. The van der Waals surface area contributed by atoms with Crippen molar-refractivity contribution in [2.24, 2.45) is 5.41 Å². The molecule has 4 nitrogen and oxygen atoms in total. The van der Waals surface area contributed by atoms with Crippen LogP contribution >= 0.6 is 0 Å². The maximum Gasteiger partial charge on any atom is 0.145 e. The Balaban J connectivity index is 1.03. The Hall–Kier alpha value is -7.82. The summed E-state index contributed by atoms with van der Waals surface area (Å²) in [4.78, 5) is 9.58. The molecule has 0 amide bonds. The normalized spacial score (nSPS) is 17.0. The van der Waals surface area contributed by atoms with Gasteiger partial charge in [0.1, 0.15) is 22.7 Å². The first-order chi connectivity index (χ1) is 38.8. The summed E-state index contributed by atoms with van der Waals surface area (Å²) in [5, 5.41) is 5.51. The second-order valence-electron chi connectivity index (χ2n) is 20.5. The zero-order valence-electron chi connectivity index (χ0n) is 51.1. The number of pyridine rings is 2. The van der Waals surface area contributed by atoms with E-state index in [9.17, 15) is 1.37 Å². The molecule has 11 aromatic rings. The first-order valence-electron chi connectivity index (χ1n) is 29.8. The third-order valence-electron chi connectivity index (χ3n) is 15.1. The standard InChI is InChI=1S/C68H60N2O2/c1-40-32-62(69-38-43(40)4)52-33-59(47-14-10-9-11-15-47)45(6)64(34-52)71-53-35-60-57-25-20-49-19-18-48-16-12-13-17-56(48)65(49)67(57)72-66(60)61(36-53)63-37-58(44(5)39-70-63)55-24-22-51(31-42(55)3)54-23-21-50(30-41(54)2)46-26-28-68(7,8)29-27-46/h9-25,30-39,46H,26-29H2,1-8H3/i1D3,4D3,6D3,46D. The number of ether oxygens (including phenoxy) is 1. The molecule has 0 bridgehead atoms. The van der Waals surface area contributed by atoms with E-state index in [1.807, 2.05) is 49.5 Å². The maximum absolute atomic E-state index is 9.44. The van der Waals surface area contributed by atoms with Crippen molar-refractivity contribution in [3.05, 3.63) is 203 Å². The molecule has 3 heterocycles. The van der Waals surface area contributed by atoms with Gasteiger partial charge >= 0.3 is 0 Å². The first-order valence-corrected chi connectivity index (χ1v) is 24.8. The second-order valence-corrected chi connectivity index (χ2v) is 20.5. The molecule has 1 fully saturated rings. The van der Waals surface area contributed by atoms with Gasteiger partial charge in [0, 0.05) is 53.4 Å². The minimum Gasteiger partial charge on any atom is -0.457 e. The Morgan fingerprint density at radius 3 is 2.08 bits per heavy atom. The molecule has 0 spiro atoms. The highest BCUT2D eigenvalue weighted by atomic mass is 16.5. The van der Waals surface area contributed by atoms with Gasteiger partial charge < -0.3 is 9.15 Å². The lowest BCUT2D eigenvalue weighted by atomic mass is 9.71. The van der Waals surface area contributed by atoms with Gasteiger partial charge in [-0.2, -0.15) is 0 Å². The molecule has 0 unspecified atom stereocenters. The van der Waals surface area contributed by atoms with Crippen molar-refractivity contribution in [3.8, 4) is 67.4 Å². The van der Waals surface area contributed by atoms with Crippen molar-refractivity contribution in [2.45, 2.75) is 86.8 Å². The Morgan fingerprint density at radius 1 is 0.528 bits per heavy atom. The fraction of sp³-hybridized carbons (Fsp3) is 0.206. The van der Waals surface area contributed by atoms with E-state index in [2.05, 4.69) is 105 Å². The van der Waals surface area contributed by atoms with Gasteiger partial charge in [0.05, 0.1) is 11.4 Å². The molecule has 0 saturated heterocycles. The molecular formula is C68H60N2O2. The number of furan rings is 1. The average molecular weight is 947 g/mol. The van der Waals surface area contributed by atoms with Gasteiger partial charge in [-0.1, -0.05) is 123 Å². The van der Waals surface area contributed by atoms with Gasteiger partial charge in [-0.05, 0) is 209 Å². The molecule has 4 heteroatoms. The number of aryl methyl sites for hydroxylation is 5. The maximum atomic E-state index is 9.44. The molecule has 0 atom stereocenters. The Bertz CT molecular complexity index is 4350. The minimum atomic E-state index is -2.81. The van der Waals surface area contributed by atoms with Crippen molar-refractivity contribution in [2.75, 3.05) is 0 Å². The van der Waals surface area contributed by atoms with E-state index >= 15 is 0 Å². The van der Waals surface area contributed by atoms with Crippen molar-refractivity contribution in [3.63, 3.8) is 0 Å². The summed E-state index contributed by atoms with van der Waals surface area (Å²) >= 11 is 0. The number of rotatable bonds is 8. The topological polar surface area (TPSA) is 48.2 Å².